The van der Waals surface area contributed by atoms with E-state index in [0.717, 1.165) is 29.4 Å². The summed E-state index contributed by atoms with van der Waals surface area (Å²) >= 11 is 0. The van der Waals surface area contributed by atoms with E-state index in [1.54, 1.807) is 7.11 Å². The largest absolute Gasteiger partial charge is 0.493 e. The first-order chi connectivity index (χ1) is 8.74. The summed E-state index contributed by atoms with van der Waals surface area (Å²) in [6.45, 7) is 1.78. The monoisotopic (exact) mass is 250 g/mol. The molecule has 1 aromatic carbocycles. The second kappa shape index (κ2) is 6.18. The standard InChI is InChI=1S/C14H22N2O2/c1-17-9-12-6-11(13(16)7-15)4-5-14(12)18-8-10-2-3-10/h4-6,10,13H,2-3,7-9,15-16H2,1H3. The van der Waals surface area contributed by atoms with E-state index in [9.17, 15) is 0 Å². The predicted octanol–water partition coefficient (Wildman–Crippen LogP) is 1.58. The summed E-state index contributed by atoms with van der Waals surface area (Å²) in [5, 5.41) is 0. The minimum atomic E-state index is -0.127. The van der Waals surface area contributed by atoms with Crippen LogP contribution in [0.3, 0.4) is 0 Å². The fourth-order valence-electron chi connectivity index (χ4n) is 1.87. The fraction of sp³-hybridized carbons (Fsp3) is 0.571. The molecule has 1 aliphatic carbocycles. The second-order valence-corrected chi connectivity index (χ2v) is 4.90. The molecule has 0 bridgehead atoms. The minimum absolute atomic E-state index is 0.127. The van der Waals surface area contributed by atoms with E-state index in [4.69, 9.17) is 20.9 Å². The van der Waals surface area contributed by atoms with Gasteiger partial charge in [-0.3, -0.25) is 0 Å². The molecule has 4 heteroatoms. The third-order valence-electron chi connectivity index (χ3n) is 3.24. The quantitative estimate of drug-likeness (QED) is 0.771. The number of benzene rings is 1. The van der Waals surface area contributed by atoms with Gasteiger partial charge in [0.15, 0.2) is 0 Å². The van der Waals surface area contributed by atoms with Crippen molar-refractivity contribution in [3.05, 3.63) is 29.3 Å². The Morgan fingerprint density at radius 3 is 2.78 bits per heavy atom. The fourth-order valence-corrected chi connectivity index (χ4v) is 1.87. The molecule has 4 nitrogen and oxygen atoms in total. The molecule has 0 amide bonds. The molecule has 4 N–H and O–H groups in total. The Kier molecular flexibility index (Phi) is 4.58. The van der Waals surface area contributed by atoms with Crippen molar-refractivity contribution < 1.29 is 9.47 Å². The zero-order chi connectivity index (χ0) is 13.0. The maximum Gasteiger partial charge on any atom is 0.124 e. The van der Waals surface area contributed by atoms with Crippen LogP contribution in [0.15, 0.2) is 18.2 Å². The molecule has 100 valence electrons. The molecule has 1 saturated carbocycles. The van der Waals surface area contributed by atoms with Crippen LogP contribution in [0.25, 0.3) is 0 Å². The number of hydrogen-bond donors (Lipinski definition) is 2. The van der Waals surface area contributed by atoms with Crippen LogP contribution in [0.2, 0.25) is 0 Å². The zero-order valence-electron chi connectivity index (χ0n) is 10.9. The van der Waals surface area contributed by atoms with Crippen LogP contribution in [-0.2, 0) is 11.3 Å². The Hall–Kier alpha value is -1.10. The summed E-state index contributed by atoms with van der Waals surface area (Å²) in [5.74, 6) is 1.64. The molecule has 1 aromatic rings. The highest BCUT2D eigenvalue weighted by Crippen LogP contribution is 2.31. The van der Waals surface area contributed by atoms with Crippen LogP contribution in [0.1, 0.15) is 30.0 Å². The van der Waals surface area contributed by atoms with Crippen molar-refractivity contribution in [2.45, 2.75) is 25.5 Å². The summed E-state index contributed by atoms with van der Waals surface area (Å²) in [6.07, 6.45) is 2.57. The molecule has 0 aliphatic heterocycles. The van der Waals surface area contributed by atoms with Gasteiger partial charge in [0.1, 0.15) is 5.75 Å². The first-order valence-corrected chi connectivity index (χ1v) is 6.44. The van der Waals surface area contributed by atoms with E-state index in [2.05, 4.69) is 0 Å². The first kappa shape index (κ1) is 13.3. The second-order valence-electron chi connectivity index (χ2n) is 4.90. The van der Waals surface area contributed by atoms with Crippen molar-refractivity contribution in [3.63, 3.8) is 0 Å². The Labute approximate surface area is 108 Å². The van der Waals surface area contributed by atoms with Crippen molar-refractivity contribution in [2.24, 2.45) is 17.4 Å². The van der Waals surface area contributed by atoms with E-state index in [-0.39, 0.29) is 6.04 Å². The van der Waals surface area contributed by atoms with Gasteiger partial charge in [0, 0.05) is 25.3 Å². The third-order valence-corrected chi connectivity index (χ3v) is 3.24. The zero-order valence-corrected chi connectivity index (χ0v) is 10.9. The summed E-state index contributed by atoms with van der Waals surface area (Å²) in [6, 6.07) is 5.86. The third kappa shape index (κ3) is 3.45. The lowest BCUT2D eigenvalue weighted by atomic mass is 10.0. The van der Waals surface area contributed by atoms with Crippen LogP contribution in [-0.4, -0.2) is 20.3 Å². The number of rotatable bonds is 7. The van der Waals surface area contributed by atoms with Crippen LogP contribution in [0, 0.1) is 5.92 Å². The van der Waals surface area contributed by atoms with Gasteiger partial charge in [0.25, 0.3) is 0 Å². The normalized spacial score (nSPS) is 16.6. The van der Waals surface area contributed by atoms with E-state index >= 15 is 0 Å². The topological polar surface area (TPSA) is 70.5 Å². The van der Waals surface area contributed by atoms with Gasteiger partial charge in [-0.2, -0.15) is 0 Å². The number of ether oxygens (including phenoxy) is 2. The van der Waals surface area contributed by atoms with Crippen LogP contribution in [0.4, 0.5) is 0 Å². The molecule has 1 fully saturated rings. The van der Waals surface area contributed by atoms with Gasteiger partial charge >= 0.3 is 0 Å². The summed E-state index contributed by atoms with van der Waals surface area (Å²) in [5.41, 5.74) is 13.6. The van der Waals surface area contributed by atoms with Gasteiger partial charge in [0.05, 0.1) is 13.2 Å². The van der Waals surface area contributed by atoms with E-state index < -0.39 is 0 Å². The molecule has 1 atom stereocenters. The number of nitrogens with two attached hydrogens (primary N) is 2. The Bertz CT molecular complexity index is 391. The Balaban J connectivity index is 2.10. The summed E-state index contributed by atoms with van der Waals surface area (Å²) < 4.78 is 11.0. The molecule has 1 unspecified atom stereocenters. The SMILES string of the molecule is COCc1cc(C(N)CN)ccc1OCC1CC1. The lowest BCUT2D eigenvalue weighted by Gasteiger charge is -2.15. The smallest absolute Gasteiger partial charge is 0.124 e. The first-order valence-electron chi connectivity index (χ1n) is 6.44. The maximum atomic E-state index is 5.93. The van der Waals surface area contributed by atoms with Gasteiger partial charge in [0.2, 0.25) is 0 Å². The van der Waals surface area contributed by atoms with Crippen molar-refractivity contribution in [1.29, 1.82) is 0 Å². The molecule has 0 spiro atoms. The average Bonchev–Trinajstić information content (AvgIpc) is 3.20. The highest BCUT2D eigenvalue weighted by Gasteiger charge is 2.22. The van der Waals surface area contributed by atoms with Crippen molar-refractivity contribution in [3.8, 4) is 5.75 Å². The predicted molar refractivity (Wildman–Crippen MR) is 71.4 cm³/mol. The summed E-state index contributed by atoms with van der Waals surface area (Å²) in [4.78, 5) is 0. The van der Waals surface area contributed by atoms with Gasteiger partial charge in [-0.05, 0) is 36.5 Å². The van der Waals surface area contributed by atoms with E-state index in [0.29, 0.717) is 13.2 Å². The molecule has 0 aromatic heterocycles. The summed E-state index contributed by atoms with van der Waals surface area (Å²) in [7, 11) is 1.68. The maximum absolute atomic E-state index is 5.93. The van der Waals surface area contributed by atoms with Gasteiger partial charge in [-0.15, -0.1) is 0 Å². The van der Waals surface area contributed by atoms with E-state index in [1.807, 2.05) is 18.2 Å². The minimum Gasteiger partial charge on any atom is -0.493 e. The van der Waals surface area contributed by atoms with Crippen molar-refractivity contribution in [2.75, 3.05) is 20.3 Å². The molecule has 1 aliphatic rings. The lowest BCUT2D eigenvalue weighted by molar-refractivity contribution is 0.179. The molecular weight excluding hydrogens is 228 g/mol. The van der Waals surface area contributed by atoms with Crippen molar-refractivity contribution in [1.82, 2.24) is 0 Å². The molecule has 0 radical (unpaired) electrons. The molecular formula is C14H22N2O2. The number of hydrogen-bond acceptors (Lipinski definition) is 4. The van der Waals surface area contributed by atoms with Crippen LogP contribution >= 0.6 is 0 Å². The van der Waals surface area contributed by atoms with Crippen LogP contribution in [0.5, 0.6) is 5.75 Å². The van der Waals surface area contributed by atoms with Crippen LogP contribution < -0.4 is 16.2 Å². The Morgan fingerprint density at radius 1 is 1.39 bits per heavy atom. The van der Waals surface area contributed by atoms with E-state index in [1.165, 1.54) is 12.8 Å². The molecule has 0 saturated heterocycles. The average molecular weight is 250 g/mol. The highest BCUT2D eigenvalue weighted by atomic mass is 16.5. The molecule has 18 heavy (non-hydrogen) atoms. The Morgan fingerprint density at radius 2 is 2.17 bits per heavy atom. The van der Waals surface area contributed by atoms with Gasteiger partial charge in [-0.1, -0.05) is 6.07 Å². The van der Waals surface area contributed by atoms with Crippen molar-refractivity contribution >= 4 is 0 Å². The molecule has 2 rings (SSSR count). The molecule has 0 heterocycles. The van der Waals surface area contributed by atoms with Gasteiger partial charge in [-0.25, -0.2) is 0 Å². The lowest BCUT2D eigenvalue weighted by Crippen LogP contribution is -2.21. The highest BCUT2D eigenvalue weighted by molar-refractivity contribution is 5.38. The van der Waals surface area contributed by atoms with Gasteiger partial charge < -0.3 is 20.9 Å². The number of methoxy groups -OCH3 is 1.